The minimum Gasteiger partial charge on any atom is -0.487 e. The highest BCUT2D eigenvalue weighted by Gasteiger charge is 2.10. The van der Waals surface area contributed by atoms with Crippen LogP contribution in [-0.2, 0) is 4.74 Å². The van der Waals surface area contributed by atoms with E-state index in [0.717, 1.165) is 12.1 Å². The average Bonchev–Trinajstić information content (AvgIpc) is 2.20. The second-order valence-electron chi connectivity index (χ2n) is 2.88. The maximum Gasteiger partial charge on any atom is 0.169 e. The quantitative estimate of drug-likeness (QED) is 0.817. The number of aliphatic hydroxyl groups excluding tert-OH is 1. The van der Waals surface area contributed by atoms with Crippen LogP contribution in [0.1, 0.15) is 0 Å². The number of ether oxygens (including phenoxy) is 2. The molecule has 0 aromatic heterocycles. The molecule has 90 valence electrons. The molecule has 1 aromatic carbocycles. The molecule has 16 heavy (non-hydrogen) atoms. The number of aliphatic hydroxyl groups is 1. The molecule has 0 unspecified atom stereocenters. The van der Waals surface area contributed by atoms with Gasteiger partial charge in [-0.3, -0.25) is 0 Å². The van der Waals surface area contributed by atoms with Gasteiger partial charge in [0.1, 0.15) is 12.4 Å². The Labute approximate surface area is 100 Å². The van der Waals surface area contributed by atoms with E-state index in [1.54, 1.807) is 0 Å². The zero-order valence-electron chi connectivity index (χ0n) is 8.38. The van der Waals surface area contributed by atoms with Crippen LogP contribution >= 0.6 is 15.9 Å². The molecule has 1 rings (SSSR count). The molecule has 6 heteroatoms. The van der Waals surface area contributed by atoms with Crippen LogP contribution in [0.25, 0.3) is 0 Å². The van der Waals surface area contributed by atoms with Gasteiger partial charge in [-0.05, 0) is 22.0 Å². The highest BCUT2D eigenvalue weighted by Crippen LogP contribution is 2.29. The molecular formula is C10H11BrF2O3. The van der Waals surface area contributed by atoms with Crippen LogP contribution in [0.2, 0.25) is 0 Å². The lowest BCUT2D eigenvalue weighted by molar-refractivity contribution is 0.0694. The van der Waals surface area contributed by atoms with Crippen molar-refractivity contribution in [3.63, 3.8) is 0 Å². The van der Waals surface area contributed by atoms with Crippen molar-refractivity contribution in [1.29, 1.82) is 0 Å². The van der Waals surface area contributed by atoms with Gasteiger partial charge in [0.2, 0.25) is 0 Å². The molecule has 0 aliphatic rings. The molecule has 0 atom stereocenters. The summed E-state index contributed by atoms with van der Waals surface area (Å²) < 4.78 is 36.1. The van der Waals surface area contributed by atoms with Crippen molar-refractivity contribution in [2.75, 3.05) is 26.4 Å². The summed E-state index contributed by atoms with van der Waals surface area (Å²) in [6, 6.07) is 1.86. The first-order valence-electron chi connectivity index (χ1n) is 4.61. The summed E-state index contributed by atoms with van der Waals surface area (Å²) in [5.41, 5.74) is 0. The smallest absolute Gasteiger partial charge is 0.169 e. The summed E-state index contributed by atoms with van der Waals surface area (Å²) >= 11 is 2.99. The molecule has 0 aliphatic heterocycles. The Morgan fingerprint density at radius 2 is 1.94 bits per heavy atom. The minimum absolute atomic E-state index is 0.0472. The number of halogens is 3. The fourth-order valence-corrected chi connectivity index (χ4v) is 1.56. The van der Waals surface area contributed by atoms with Gasteiger partial charge in [0, 0.05) is 6.07 Å². The Balaban J connectivity index is 2.47. The van der Waals surface area contributed by atoms with E-state index in [1.807, 2.05) is 0 Å². The van der Waals surface area contributed by atoms with Crippen molar-refractivity contribution in [2.45, 2.75) is 0 Å². The maximum atomic E-state index is 13.2. The molecular weight excluding hydrogens is 286 g/mol. The summed E-state index contributed by atoms with van der Waals surface area (Å²) in [5.74, 6) is -1.49. The molecule has 0 amide bonds. The van der Waals surface area contributed by atoms with Gasteiger partial charge in [-0.2, -0.15) is 0 Å². The second-order valence-corrected chi connectivity index (χ2v) is 3.74. The molecule has 3 nitrogen and oxygen atoms in total. The first kappa shape index (κ1) is 13.3. The molecule has 1 N–H and O–H groups in total. The van der Waals surface area contributed by atoms with Crippen LogP contribution in [0, 0.1) is 11.6 Å². The molecule has 0 spiro atoms. The lowest BCUT2D eigenvalue weighted by Gasteiger charge is -2.09. The molecule has 1 aromatic rings. The predicted molar refractivity (Wildman–Crippen MR) is 57.5 cm³/mol. The maximum absolute atomic E-state index is 13.2. The van der Waals surface area contributed by atoms with Crippen LogP contribution in [0.3, 0.4) is 0 Å². The van der Waals surface area contributed by atoms with Gasteiger partial charge in [0.15, 0.2) is 11.6 Å². The molecule has 0 saturated carbocycles. The highest BCUT2D eigenvalue weighted by atomic mass is 79.9. The SMILES string of the molecule is OCCOCCOc1c(F)cc(F)cc1Br. The van der Waals surface area contributed by atoms with E-state index in [-0.39, 0.29) is 36.6 Å². The minimum atomic E-state index is -0.769. The molecule has 0 heterocycles. The summed E-state index contributed by atoms with van der Waals surface area (Å²) in [6.07, 6.45) is 0. The van der Waals surface area contributed by atoms with E-state index >= 15 is 0 Å². The van der Waals surface area contributed by atoms with Crippen molar-refractivity contribution >= 4 is 15.9 Å². The van der Waals surface area contributed by atoms with Crippen molar-refractivity contribution in [1.82, 2.24) is 0 Å². The monoisotopic (exact) mass is 296 g/mol. The van der Waals surface area contributed by atoms with Gasteiger partial charge in [-0.25, -0.2) is 8.78 Å². The molecule has 0 bridgehead atoms. The van der Waals surface area contributed by atoms with E-state index < -0.39 is 11.6 Å². The van der Waals surface area contributed by atoms with Gasteiger partial charge in [-0.15, -0.1) is 0 Å². The van der Waals surface area contributed by atoms with Gasteiger partial charge in [0.25, 0.3) is 0 Å². The van der Waals surface area contributed by atoms with Gasteiger partial charge < -0.3 is 14.6 Å². The number of benzene rings is 1. The van der Waals surface area contributed by atoms with Crippen molar-refractivity contribution in [2.24, 2.45) is 0 Å². The molecule has 0 aliphatic carbocycles. The molecule has 0 radical (unpaired) electrons. The summed E-state index contributed by atoms with van der Waals surface area (Å²) in [4.78, 5) is 0. The normalized spacial score (nSPS) is 10.5. The van der Waals surface area contributed by atoms with Crippen LogP contribution in [0.5, 0.6) is 5.75 Å². The van der Waals surface area contributed by atoms with E-state index in [0.29, 0.717) is 0 Å². The fraction of sp³-hybridized carbons (Fsp3) is 0.400. The number of rotatable bonds is 6. The van der Waals surface area contributed by atoms with Crippen LogP contribution < -0.4 is 4.74 Å². The highest BCUT2D eigenvalue weighted by molar-refractivity contribution is 9.10. The topological polar surface area (TPSA) is 38.7 Å². The standard InChI is InChI=1S/C10H11BrF2O3/c11-8-5-7(12)6-9(13)10(8)16-4-3-15-2-1-14/h5-6,14H,1-4H2. The number of hydrogen-bond acceptors (Lipinski definition) is 3. The summed E-state index contributed by atoms with van der Waals surface area (Å²) in [7, 11) is 0. The largest absolute Gasteiger partial charge is 0.487 e. The van der Waals surface area contributed by atoms with Crippen molar-refractivity contribution in [3.05, 3.63) is 28.2 Å². The third kappa shape index (κ3) is 4.03. The number of hydrogen-bond donors (Lipinski definition) is 1. The lowest BCUT2D eigenvalue weighted by atomic mass is 10.3. The Morgan fingerprint density at radius 3 is 2.56 bits per heavy atom. The Morgan fingerprint density at radius 1 is 1.19 bits per heavy atom. The molecule has 0 saturated heterocycles. The fourth-order valence-electron chi connectivity index (χ4n) is 1.04. The van der Waals surface area contributed by atoms with E-state index in [4.69, 9.17) is 14.6 Å². The van der Waals surface area contributed by atoms with Crippen molar-refractivity contribution < 1.29 is 23.4 Å². The van der Waals surface area contributed by atoms with Gasteiger partial charge in [-0.1, -0.05) is 0 Å². The third-order valence-corrected chi connectivity index (χ3v) is 2.26. The predicted octanol–water partition coefficient (Wildman–Crippen LogP) is 2.12. The zero-order valence-corrected chi connectivity index (χ0v) is 9.97. The van der Waals surface area contributed by atoms with Crippen molar-refractivity contribution in [3.8, 4) is 5.75 Å². The third-order valence-electron chi connectivity index (χ3n) is 1.67. The van der Waals surface area contributed by atoms with Crippen LogP contribution in [0.4, 0.5) is 8.78 Å². The van der Waals surface area contributed by atoms with Gasteiger partial charge >= 0.3 is 0 Å². The van der Waals surface area contributed by atoms with Crippen LogP contribution in [0.15, 0.2) is 16.6 Å². The van der Waals surface area contributed by atoms with E-state index in [1.165, 1.54) is 0 Å². The van der Waals surface area contributed by atoms with E-state index in [9.17, 15) is 8.78 Å². The first-order chi connectivity index (χ1) is 7.65. The Hall–Kier alpha value is -0.720. The average molecular weight is 297 g/mol. The zero-order chi connectivity index (χ0) is 12.0. The molecule has 0 fully saturated rings. The lowest BCUT2D eigenvalue weighted by Crippen LogP contribution is -2.10. The van der Waals surface area contributed by atoms with Crippen LogP contribution in [-0.4, -0.2) is 31.5 Å². The van der Waals surface area contributed by atoms with Gasteiger partial charge in [0.05, 0.1) is 24.3 Å². The van der Waals surface area contributed by atoms with E-state index in [2.05, 4.69) is 15.9 Å². The summed E-state index contributed by atoms with van der Waals surface area (Å²) in [6.45, 7) is 0.482. The first-order valence-corrected chi connectivity index (χ1v) is 5.40. The second kappa shape index (κ2) is 6.78. The Kier molecular flexibility index (Phi) is 5.65. The Bertz CT molecular complexity index is 324. The summed E-state index contributed by atoms with van der Waals surface area (Å²) in [5, 5.41) is 8.43.